The third-order valence-electron chi connectivity index (χ3n) is 4.55. The Morgan fingerprint density at radius 3 is 2.54 bits per heavy atom. The van der Waals surface area contributed by atoms with E-state index in [1.807, 2.05) is 12.3 Å². The van der Waals surface area contributed by atoms with Crippen LogP contribution in [0.15, 0.2) is 42.7 Å². The molecule has 1 fully saturated rings. The first-order valence-corrected chi connectivity index (χ1v) is 10.3. The number of amides is 1. The highest BCUT2D eigenvalue weighted by atomic mass is 32.2. The molecule has 140 valence electrons. The standard InChI is InChI=1S/C17H23N5O3S/c1-26(24,25)20-13-14-3-5-15(6-4-14)21-16(23)17(7-10-18-11-8-17)22-12-2-9-19-22/h2-6,9,12,18,20H,7-8,10-11,13H2,1H3,(H,21,23). The van der Waals surface area contributed by atoms with Gasteiger partial charge in [0.25, 0.3) is 5.91 Å². The average molecular weight is 377 g/mol. The van der Waals surface area contributed by atoms with Gasteiger partial charge in [-0.15, -0.1) is 0 Å². The summed E-state index contributed by atoms with van der Waals surface area (Å²) in [5, 5.41) is 10.5. The van der Waals surface area contributed by atoms with E-state index in [1.54, 1.807) is 35.1 Å². The van der Waals surface area contributed by atoms with E-state index in [2.05, 4.69) is 20.5 Å². The van der Waals surface area contributed by atoms with E-state index in [-0.39, 0.29) is 12.5 Å². The Morgan fingerprint density at radius 2 is 1.96 bits per heavy atom. The Morgan fingerprint density at radius 1 is 1.27 bits per heavy atom. The SMILES string of the molecule is CS(=O)(=O)NCc1ccc(NC(=O)C2(n3cccn3)CCNCC2)cc1. The quantitative estimate of drug-likeness (QED) is 0.686. The van der Waals surface area contributed by atoms with Gasteiger partial charge in [0.1, 0.15) is 5.54 Å². The Kier molecular flexibility index (Phi) is 5.40. The number of hydrogen-bond acceptors (Lipinski definition) is 5. The molecule has 0 aliphatic carbocycles. The number of hydrogen-bond donors (Lipinski definition) is 3. The van der Waals surface area contributed by atoms with Crippen molar-refractivity contribution in [1.82, 2.24) is 19.8 Å². The molecule has 9 heteroatoms. The van der Waals surface area contributed by atoms with Gasteiger partial charge in [-0.3, -0.25) is 9.48 Å². The summed E-state index contributed by atoms with van der Waals surface area (Å²) < 4.78 is 26.5. The molecular weight excluding hydrogens is 354 g/mol. The highest BCUT2D eigenvalue weighted by molar-refractivity contribution is 7.88. The van der Waals surface area contributed by atoms with E-state index in [0.717, 1.165) is 24.9 Å². The molecule has 1 aliphatic rings. The van der Waals surface area contributed by atoms with E-state index >= 15 is 0 Å². The highest BCUT2D eigenvalue weighted by Gasteiger charge is 2.41. The summed E-state index contributed by atoms with van der Waals surface area (Å²) in [6.45, 7) is 1.72. The van der Waals surface area contributed by atoms with Crippen LogP contribution in [0.1, 0.15) is 18.4 Å². The van der Waals surface area contributed by atoms with Crippen LogP contribution in [0.25, 0.3) is 0 Å². The highest BCUT2D eigenvalue weighted by Crippen LogP contribution is 2.28. The molecule has 3 rings (SSSR count). The van der Waals surface area contributed by atoms with Gasteiger partial charge in [-0.05, 0) is 49.7 Å². The molecule has 2 heterocycles. The van der Waals surface area contributed by atoms with Crippen LogP contribution < -0.4 is 15.4 Å². The number of rotatable bonds is 6. The maximum atomic E-state index is 13.0. The number of carbonyl (C=O) groups is 1. The van der Waals surface area contributed by atoms with Gasteiger partial charge in [0.05, 0.1) is 6.26 Å². The normalized spacial score (nSPS) is 17.0. The molecular formula is C17H23N5O3S. The number of piperidine rings is 1. The summed E-state index contributed by atoms with van der Waals surface area (Å²) in [5.41, 5.74) is 0.783. The summed E-state index contributed by atoms with van der Waals surface area (Å²) in [6, 6.07) is 8.94. The monoisotopic (exact) mass is 377 g/mol. The Bertz CT molecular complexity index is 841. The number of nitrogens with one attached hydrogen (secondary N) is 3. The van der Waals surface area contributed by atoms with E-state index in [4.69, 9.17) is 0 Å². The van der Waals surface area contributed by atoms with E-state index in [0.29, 0.717) is 18.5 Å². The number of aromatic nitrogens is 2. The van der Waals surface area contributed by atoms with Crippen LogP contribution in [0.3, 0.4) is 0 Å². The molecule has 1 aliphatic heterocycles. The van der Waals surface area contributed by atoms with Crippen molar-refractivity contribution in [2.75, 3.05) is 24.7 Å². The minimum atomic E-state index is -3.23. The minimum absolute atomic E-state index is 0.0929. The molecule has 26 heavy (non-hydrogen) atoms. The summed E-state index contributed by atoms with van der Waals surface area (Å²) >= 11 is 0. The Hall–Kier alpha value is -2.23. The zero-order chi connectivity index (χ0) is 18.6. The lowest BCUT2D eigenvalue weighted by atomic mass is 9.87. The van der Waals surface area contributed by atoms with Crippen molar-refractivity contribution in [3.05, 3.63) is 48.3 Å². The summed E-state index contributed by atoms with van der Waals surface area (Å²) in [6.07, 6.45) is 5.95. The van der Waals surface area contributed by atoms with Crippen molar-refractivity contribution in [3.63, 3.8) is 0 Å². The van der Waals surface area contributed by atoms with Crippen molar-refractivity contribution in [2.45, 2.75) is 24.9 Å². The van der Waals surface area contributed by atoms with Gasteiger partial charge in [-0.2, -0.15) is 5.10 Å². The molecule has 0 bridgehead atoms. The summed E-state index contributed by atoms with van der Waals surface area (Å²) in [5.74, 6) is -0.0929. The van der Waals surface area contributed by atoms with Crippen LogP contribution in [0.4, 0.5) is 5.69 Å². The Balaban J connectivity index is 1.72. The predicted octanol–water partition coefficient (Wildman–Crippen LogP) is 0.650. The van der Waals surface area contributed by atoms with E-state index < -0.39 is 15.6 Å². The van der Waals surface area contributed by atoms with Gasteiger partial charge in [0, 0.05) is 24.6 Å². The van der Waals surface area contributed by atoms with Gasteiger partial charge in [0.2, 0.25) is 10.0 Å². The molecule has 2 aromatic rings. The van der Waals surface area contributed by atoms with Gasteiger partial charge in [-0.25, -0.2) is 13.1 Å². The van der Waals surface area contributed by atoms with E-state index in [1.165, 1.54) is 0 Å². The number of nitrogens with zero attached hydrogens (tertiary/aromatic N) is 2. The molecule has 1 amide bonds. The third kappa shape index (κ3) is 4.29. The van der Waals surface area contributed by atoms with Crippen LogP contribution in [0.5, 0.6) is 0 Å². The number of anilines is 1. The first-order chi connectivity index (χ1) is 12.4. The molecule has 0 atom stereocenters. The van der Waals surface area contributed by atoms with Crippen LogP contribution in [0, 0.1) is 0 Å². The zero-order valence-electron chi connectivity index (χ0n) is 14.6. The fourth-order valence-corrected chi connectivity index (χ4v) is 3.52. The van der Waals surface area contributed by atoms with Crippen molar-refractivity contribution >= 4 is 21.6 Å². The topological polar surface area (TPSA) is 105 Å². The van der Waals surface area contributed by atoms with Crippen molar-refractivity contribution in [2.24, 2.45) is 0 Å². The maximum Gasteiger partial charge on any atom is 0.252 e. The number of sulfonamides is 1. The lowest BCUT2D eigenvalue weighted by Gasteiger charge is -2.36. The second-order valence-corrected chi connectivity index (χ2v) is 8.31. The van der Waals surface area contributed by atoms with Gasteiger partial charge in [0.15, 0.2) is 0 Å². The lowest BCUT2D eigenvalue weighted by Crippen LogP contribution is -2.52. The van der Waals surface area contributed by atoms with Gasteiger partial charge < -0.3 is 10.6 Å². The van der Waals surface area contributed by atoms with E-state index in [9.17, 15) is 13.2 Å². The van der Waals surface area contributed by atoms with Crippen molar-refractivity contribution in [3.8, 4) is 0 Å². The van der Waals surface area contributed by atoms with Gasteiger partial charge >= 0.3 is 0 Å². The predicted molar refractivity (Wildman–Crippen MR) is 99.1 cm³/mol. The van der Waals surface area contributed by atoms with Gasteiger partial charge in [-0.1, -0.05) is 12.1 Å². The molecule has 3 N–H and O–H groups in total. The maximum absolute atomic E-state index is 13.0. The first kappa shape index (κ1) is 18.6. The van der Waals surface area contributed by atoms with Crippen molar-refractivity contribution in [1.29, 1.82) is 0 Å². The lowest BCUT2D eigenvalue weighted by molar-refractivity contribution is -0.126. The minimum Gasteiger partial charge on any atom is -0.324 e. The molecule has 1 aromatic heterocycles. The molecule has 0 saturated carbocycles. The fourth-order valence-electron chi connectivity index (χ4n) is 3.09. The second-order valence-electron chi connectivity index (χ2n) is 6.48. The summed E-state index contributed by atoms with van der Waals surface area (Å²) in [7, 11) is -3.23. The van der Waals surface area contributed by atoms with Crippen LogP contribution >= 0.6 is 0 Å². The van der Waals surface area contributed by atoms with Crippen LogP contribution in [0.2, 0.25) is 0 Å². The third-order valence-corrected chi connectivity index (χ3v) is 5.22. The summed E-state index contributed by atoms with van der Waals surface area (Å²) in [4.78, 5) is 13.0. The van der Waals surface area contributed by atoms with Crippen LogP contribution in [-0.2, 0) is 26.9 Å². The zero-order valence-corrected chi connectivity index (χ0v) is 15.4. The van der Waals surface area contributed by atoms with Crippen LogP contribution in [-0.4, -0.2) is 43.5 Å². The largest absolute Gasteiger partial charge is 0.324 e. The molecule has 1 saturated heterocycles. The molecule has 0 spiro atoms. The smallest absolute Gasteiger partial charge is 0.252 e. The average Bonchev–Trinajstić information content (AvgIpc) is 3.16. The van der Waals surface area contributed by atoms with Crippen molar-refractivity contribution < 1.29 is 13.2 Å². The first-order valence-electron chi connectivity index (χ1n) is 8.45. The fraction of sp³-hybridized carbons (Fsp3) is 0.412. The Labute approximate surface area is 153 Å². The molecule has 0 radical (unpaired) electrons. The number of benzene rings is 1. The molecule has 1 aromatic carbocycles. The number of carbonyl (C=O) groups excluding carboxylic acids is 1. The second kappa shape index (κ2) is 7.56. The molecule has 0 unspecified atom stereocenters. The molecule has 8 nitrogen and oxygen atoms in total.